The Hall–Kier alpha value is -1.71. The van der Waals surface area contributed by atoms with Crippen LogP contribution < -0.4 is 10.0 Å². The molecule has 0 aromatic carbocycles. The average Bonchev–Trinajstić information content (AvgIpc) is 3.06. The van der Waals surface area contributed by atoms with Crippen LogP contribution in [0.5, 0.6) is 0 Å². The largest absolute Gasteiger partial charge is 0.313 e. The van der Waals surface area contributed by atoms with Crippen molar-refractivity contribution in [1.29, 1.82) is 0 Å². The maximum absolute atomic E-state index is 12.3. The molecular formula is C12H20N6O2S. The van der Waals surface area contributed by atoms with Crippen molar-refractivity contribution in [2.45, 2.75) is 31.5 Å². The predicted molar refractivity (Wildman–Crippen MR) is 77.8 cm³/mol. The van der Waals surface area contributed by atoms with Crippen LogP contribution in [0.2, 0.25) is 0 Å². The van der Waals surface area contributed by atoms with E-state index < -0.39 is 10.0 Å². The van der Waals surface area contributed by atoms with Crippen LogP contribution in [0.1, 0.15) is 24.5 Å². The molecule has 0 fully saturated rings. The van der Waals surface area contributed by atoms with Gasteiger partial charge in [0.2, 0.25) is 0 Å². The molecule has 2 rings (SSSR count). The van der Waals surface area contributed by atoms with Crippen LogP contribution in [-0.2, 0) is 30.2 Å². The lowest BCUT2D eigenvalue weighted by Crippen LogP contribution is -2.25. The topological polar surface area (TPSA) is 105 Å². The van der Waals surface area contributed by atoms with Crippen LogP contribution in [0.15, 0.2) is 23.6 Å². The molecule has 9 heteroatoms. The molecule has 0 aliphatic carbocycles. The van der Waals surface area contributed by atoms with Gasteiger partial charge in [0.25, 0.3) is 10.0 Å². The van der Waals surface area contributed by atoms with Crippen molar-refractivity contribution in [1.82, 2.24) is 30.0 Å². The molecule has 0 aliphatic rings. The van der Waals surface area contributed by atoms with Crippen molar-refractivity contribution in [2.24, 2.45) is 7.05 Å². The second-order valence-electron chi connectivity index (χ2n) is 4.75. The number of hydrogen-bond acceptors (Lipinski definition) is 5. The molecule has 2 aromatic rings. The Morgan fingerprint density at radius 1 is 1.33 bits per heavy atom. The third kappa shape index (κ3) is 4.13. The molecule has 0 aliphatic heterocycles. The van der Waals surface area contributed by atoms with Gasteiger partial charge in [0, 0.05) is 37.5 Å². The van der Waals surface area contributed by atoms with Crippen molar-refractivity contribution >= 4 is 10.0 Å². The maximum atomic E-state index is 12.3. The molecule has 0 saturated heterocycles. The molecule has 0 spiro atoms. The minimum atomic E-state index is -3.62. The number of sulfonamides is 1. The van der Waals surface area contributed by atoms with Gasteiger partial charge in [-0.25, -0.2) is 13.1 Å². The van der Waals surface area contributed by atoms with Gasteiger partial charge in [-0.2, -0.15) is 10.2 Å². The molecule has 116 valence electrons. The van der Waals surface area contributed by atoms with Gasteiger partial charge in [-0.05, 0) is 13.0 Å². The van der Waals surface area contributed by atoms with Crippen molar-refractivity contribution in [3.8, 4) is 0 Å². The Morgan fingerprint density at radius 3 is 2.81 bits per heavy atom. The highest BCUT2D eigenvalue weighted by Gasteiger charge is 2.20. The fraction of sp³-hybridized carbons (Fsp3) is 0.500. The zero-order valence-corrected chi connectivity index (χ0v) is 12.9. The summed E-state index contributed by atoms with van der Waals surface area (Å²) in [6.07, 6.45) is 5.90. The highest BCUT2D eigenvalue weighted by atomic mass is 32.2. The van der Waals surface area contributed by atoms with Gasteiger partial charge in [-0.1, -0.05) is 6.92 Å². The summed E-state index contributed by atoms with van der Waals surface area (Å²) in [6, 6.07) is 0. The van der Waals surface area contributed by atoms with E-state index in [1.54, 1.807) is 24.1 Å². The lowest BCUT2D eigenvalue weighted by atomic mass is 10.3. The number of rotatable bonds is 8. The molecule has 0 atom stereocenters. The van der Waals surface area contributed by atoms with Crippen LogP contribution in [0.25, 0.3) is 0 Å². The average molecular weight is 312 g/mol. The summed E-state index contributed by atoms with van der Waals surface area (Å²) in [5.41, 5.74) is 1.42. The normalized spacial score (nSPS) is 11.9. The van der Waals surface area contributed by atoms with Gasteiger partial charge < -0.3 is 5.32 Å². The highest BCUT2D eigenvalue weighted by Crippen LogP contribution is 2.12. The van der Waals surface area contributed by atoms with E-state index in [0.29, 0.717) is 12.1 Å². The van der Waals surface area contributed by atoms with E-state index in [2.05, 4.69) is 32.3 Å². The Balaban J connectivity index is 2.03. The van der Waals surface area contributed by atoms with Gasteiger partial charge in [-0.3, -0.25) is 9.78 Å². The molecule has 0 unspecified atom stereocenters. The summed E-state index contributed by atoms with van der Waals surface area (Å²) in [7, 11) is -1.84. The Bertz CT molecular complexity index is 675. The van der Waals surface area contributed by atoms with E-state index >= 15 is 0 Å². The monoisotopic (exact) mass is 312 g/mol. The second-order valence-corrected chi connectivity index (χ2v) is 6.45. The summed E-state index contributed by atoms with van der Waals surface area (Å²) in [6.45, 7) is 3.54. The highest BCUT2D eigenvalue weighted by molar-refractivity contribution is 7.89. The van der Waals surface area contributed by atoms with E-state index in [1.807, 2.05) is 0 Å². The van der Waals surface area contributed by atoms with Crippen LogP contribution >= 0.6 is 0 Å². The van der Waals surface area contributed by atoms with Gasteiger partial charge in [0.05, 0.1) is 12.4 Å². The molecule has 21 heavy (non-hydrogen) atoms. The fourth-order valence-electron chi connectivity index (χ4n) is 1.87. The molecule has 0 saturated carbocycles. The zero-order valence-electron chi connectivity index (χ0n) is 12.1. The van der Waals surface area contributed by atoms with Gasteiger partial charge in [0.15, 0.2) is 5.03 Å². The summed E-state index contributed by atoms with van der Waals surface area (Å²) in [4.78, 5) is 0. The molecule has 0 bridgehead atoms. The van der Waals surface area contributed by atoms with Crippen molar-refractivity contribution in [3.63, 3.8) is 0 Å². The third-order valence-electron chi connectivity index (χ3n) is 2.91. The van der Waals surface area contributed by atoms with Crippen molar-refractivity contribution in [2.75, 3.05) is 6.54 Å². The van der Waals surface area contributed by atoms with E-state index in [4.69, 9.17) is 0 Å². The SMILES string of the molecule is CCCNCc1cn[nH]c1S(=O)(=O)NCc1cnn(C)c1. The Morgan fingerprint density at radius 2 is 2.14 bits per heavy atom. The minimum absolute atomic E-state index is 0.106. The Labute approximate surface area is 124 Å². The number of hydrogen-bond donors (Lipinski definition) is 3. The molecule has 0 amide bonds. The standard InChI is InChI=1S/C12H20N6O2S/c1-3-4-13-7-11-8-14-17-12(11)21(19,20)16-6-10-5-15-18(2)9-10/h5,8-9,13,16H,3-4,6-7H2,1-2H3,(H,14,17). The zero-order chi connectivity index (χ0) is 15.3. The van der Waals surface area contributed by atoms with Gasteiger partial charge >= 0.3 is 0 Å². The third-order valence-corrected chi connectivity index (χ3v) is 4.33. The van der Waals surface area contributed by atoms with Crippen LogP contribution in [-0.4, -0.2) is 34.9 Å². The van der Waals surface area contributed by atoms with Crippen LogP contribution in [0.4, 0.5) is 0 Å². The van der Waals surface area contributed by atoms with E-state index in [9.17, 15) is 8.42 Å². The smallest absolute Gasteiger partial charge is 0.258 e. The number of nitrogens with one attached hydrogen (secondary N) is 3. The Kier molecular flexibility index (Phi) is 5.10. The molecule has 8 nitrogen and oxygen atoms in total. The van der Waals surface area contributed by atoms with Crippen LogP contribution in [0, 0.1) is 0 Å². The van der Waals surface area contributed by atoms with Gasteiger partial charge in [0.1, 0.15) is 0 Å². The maximum Gasteiger partial charge on any atom is 0.258 e. The quantitative estimate of drug-likeness (QED) is 0.601. The number of aromatic nitrogens is 4. The van der Waals surface area contributed by atoms with Gasteiger partial charge in [-0.15, -0.1) is 0 Å². The van der Waals surface area contributed by atoms with Crippen LogP contribution in [0.3, 0.4) is 0 Å². The first-order valence-electron chi connectivity index (χ1n) is 6.73. The lowest BCUT2D eigenvalue weighted by molar-refractivity contribution is 0.573. The second kappa shape index (κ2) is 6.83. The molecule has 2 heterocycles. The van der Waals surface area contributed by atoms with E-state index in [0.717, 1.165) is 18.5 Å². The minimum Gasteiger partial charge on any atom is -0.313 e. The summed E-state index contributed by atoms with van der Waals surface area (Å²) in [5.74, 6) is 0. The number of aromatic amines is 1. The van der Waals surface area contributed by atoms with E-state index in [-0.39, 0.29) is 11.6 Å². The molecule has 2 aromatic heterocycles. The molecule has 3 N–H and O–H groups in total. The predicted octanol–water partition coefficient (Wildman–Crippen LogP) is 0.121. The number of H-pyrrole nitrogens is 1. The first kappa shape index (κ1) is 15.7. The summed E-state index contributed by atoms with van der Waals surface area (Å²) >= 11 is 0. The first-order valence-corrected chi connectivity index (χ1v) is 8.21. The molecular weight excluding hydrogens is 292 g/mol. The number of nitrogens with zero attached hydrogens (tertiary/aromatic N) is 3. The number of aryl methyl sites for hydroxylation is 1. The van der Waals surface area contributed by atoms with E-state index in [1.165, 1.54) is 6.20 Å². The van der Waals surface area contributed by atoms with Crippen molar-refractivity contribution < 1.29 is 8.42 Å². The molecule has 0 radical (unpaired) electrons. The summed E-state index contributed by atoms with van der Waals surface area (Å²) < 4.78 is 28.7. The first-order chi connectivity index (χ1) is 10.0. The lowest BCUT2D eigenvalue weighted by Gasteiger charge is -2.07. The fourth-order valence-corrected chi connectivity index (χ4v) is 3.02. The van der Waals surface area contributed by atoms with Crippen molar-refractivity contribution in [3.05, 3.63) is 29.7 Å². The summed E-state index contributed by atoms with van der Waals surface area (Å²) in [5, 5.41) is 13.6.